The van der Waals surface area contributed by atoms with Gasteiger partial charge in [-0.15, -0.1) is 0 Å². The van der Waals surface area contributed by atoms with Crippen LogP contribution < -0.4 is 0 Å². The summed E-state index contributed by atoms with van der Waals surface area (Å²) in [6.07, 6.45) is 3.61. The van der Waals surface area contributed by atoms with Gasteiger partial charge in [-0.2, -0.15) is 0 Å². The van der Waals surface area contributed by atoms with E-state index in [2.05, 4.69) is 0 Å². The van der Waals surface area contributed by atoms with Gasteiger partial charge in [0, 0.05) is 40.3 Å². The lowest BCUT2D eigenvalue weighted by Gasteiger charge is -2.14. The molecule has 4 nitrogen and oxygen atoms in total. The smallest absolute Gasteiger partial charge is 0.293 e. The fraction of sp³-hybridized carbons (Fsp3) is 0.100. The zero-order valence-electron chi connectivity index (χ0n) is 14.3. The molecule has 3 aromatic rings. The Hall–Kier alpha value is -2.57. The highest BCUT2D eigenvalue weighted by Crippen LogP contribution is 2.35. The number of imide groups is 1. The molecule has 1 aliphatic rings. The molecule has 1 fully saturated rings. The highest BCUT2D eigenvalue weighted by atomic mass is 35.5. The topological polar surface area (TPSA) is 42.3 Å². The van der Waals surface area contributed by atoms with E-state index in [1.54, 1.807) is 6.08 Å². The number of hydrogen-bond donors (Lipinski definition) is 0. The third-order valence-corrected chi connectivity index (χ3v) is 5.73. The zero-order valence-corrected chi connectivity index (χ0v) is 15.9. The Morgan fingerprint density at radius 2 is 1.93 bits per heavy atom. The monoisotopic (exact) mass is 400 g/mol. The number of benzene rings is 2. The summed E-state index contributed by atoms with van der Waals surface area (Å²) >= 11 is 6.87. The van der Waals surface area contributed by atoms with E-state index in [9.17, 15) is 14.0 Å². The van der Waals surface area contributed by atoms with Crippen molar-refractivity contribution < 1.29 is 14.0 Å². The standard InChI is InChI=1S/C20H14ClFN2O2S/c1-23-10-12(13-5-2-3-8-17(13)23)9-18-19(25)24(20(26)27-18)11-14-15(21)6-4-7-16(14)22/h2-10H,11H2,1H3/b18-9-. The molecule has 7 heteroatoms. The third kappa shape index (κ3) is 3.15. The predicted octanol–water partition coefficient (Wildman–Crippen LogP) is 5.21. The van der Waals surface area contributed by atoms with E-state index < -0.39 is 17.0 Å². The van der Waals surface area contributed by atoms with E-state index in [0.717, 1.165) is 33.1 Å². The summed E-state index contributed by atoms with van der Waals surface area (Å²) in [6.45, 7) is -0.191. The highest BCUT2D eigenvalue weighted by Gasteiger charge is 2.36. The maximum absolute atomic E-state index is 14.0. The minimum Gasteiger partial charge on any atom is -0.350 e. The first-order chi connectivity index (χ1) is 13.0. The van der Waals surface area contributed by atoms with Crippen LogP contribution in [0.25, 0.3) is 17.0 Å². The van der Waals surface area contributed by atoms with Crippen LogP contribution in [0.4, 0.5) is 9.18 Å². The number of fused-ring (bicyclic) bond motifs is 1. The van der Waals surface area contributed by atoms with Gasteiger partial charge in [0.15, 0.2) is 0 Å². The second kappa shape index (κ2) is 6.87. The highest BCUT2D eigenvalue weighted by molar-refractivity contribution is 8.18. The second-order valence-electron chi connectivity index (χ2n) is 6.18. The number of thioether (sulfide) groups is 1. The third-order valence-electron chi connectivity index (χ3n) is 4.47. The van der Waals surface area contributed by atoms with Crippen LogP contribution in [0.3, 0.4) is 0 Å². The number of para-hydroxylation sites is 1. The predicted molar refractivity (Wildman–Crippen MR) is 106 cm³/mol. The SMILES string of the molecule is Cn1cc(/C=C2\SC(=O)N(Cc3c(F)cccc3Cl)C2=O)c2ccccc21. The van der Waals surface area contributed by atoms with Gasteiger partial charge in [-0.1, -0.05) is 35.9 Å². The van der Waals surface area contributed by atoms with E-state index in [1.165, 1.54) is 18.2 Å². The number of carbonyl (C=O) groups excluding carboxylic acids is 2. The summed E-state index contributed by atoms with van der Waals surface area (Å²) in [5.74, 6) is -0.989. The van der Waals surface area contributed by atoms with Crippen molar-refractivity contribution in [3.05, 3.63) is 75.5 Å². The maximum atomic E-state index is 14.0. The average molecular weight is 401 g/mol. The molecular weight excluding hydrogens is 387 g/mol. The van der Waals surface area contributed by atoms with E-state index in [0.29, 0.717) is 4.91 Å². The van der Waals surface area contributed by atoms with Gasteiger partial charge in [0.25, 0.3) is 11.1 Å². The molecule has 0 radical (unpaired) electrons. The van der Waals surface area contributed by atoms with Crippen molar-refractivity contribution in [2.24, 2.45) is 7.05 Å². The summed E-state index contributed by atoms with van der Waals surface area (Å²) in [5, 5.41) is 0.738. The molecule has 0 aliphatic carbocycles. The van der Waals surface area contributed by atoms with E-state index in [-0.39, 0.29) is 17.1 Å². The summed E-state index contributed by atoms with van der Waals surface area (Å²) in [4.78, 5) is 26.4. The van der Waals surface area contributed by atoms with Gasteiger partial charge in [-0.3, -0.25) is 14.5 Å². The quantitative estimate of drug-likeness (QED) is 0.567. The molecule has 0 saturated carbocycles. The Labute approximate surface area is 164 Å². The maximum Gasteiger partial charge on any atom is 0.293 e. The molecule has 2 heterocycles. The minimum atomic E-state index is -0.542. The molecule has 1 aliphatic heterocycles. The van der Waals surface area contributed by atoms with Crippen LogP contribution in [0.1, 0.15) is 11.1 Å². The number of aromatic nitrogens is 1. The summed E-state index contributed by atoms with van der Waals surface area (Å²) in [6, 6.07) is 12.1. The minimum absolute atomic E-state index is 0.132. The lowest BCUT2D eigenvalue weighted by molar-refractivity contribution is -0.123. The van der Waals surface area contributed by atoms with E-state index in [1.807, 2.05) is 42.1 Å². The van der Waals surface area contributed by atoms with Crippen LogP contribution in [-0.2, 0) is 18.4 Å². The molecule has 0 N–H and O–H groups in total. The molecule has 0 bridgehead atoms. The summed E-state index contributed by atoms with van der Waals surface area (Å²) in [5.41, 5.74) is 2.01. The summed E-state index contributed by atoms with van der Waals surface area (Å²) in [7, 11) is 1.92. The lowest BCUT2D eigenvalue weighted by Crippen LogP contribution is -2.28. The molecule has 0 spiro atoms. The van der Waals surface area contributed by atoms with Gasteiger partial charge < -0.3 is 4.57 Å². The number of hydrogen-bond acceptors (Lipinski definition) is 3. The first-order valence-electron chi connectivity index (χ1n) is 8.18. The van der Waals surface area contributed by atoms with Crippen molar-refractivity contribution in [1.82, 2.24) is 9.47 Å². The Kier molecular flexibility index (Phi) is 4.53. The van der Waals surface area contributed by atoms with Crippen molar-refractivity contribution in [2.45, 2.75) is 6.54 Å². The van der Waals surface area contributed by atoms with Crippen molar-refractivity contribution >= 4 is 51.5 Å². The Balaban J connectivity index is 1.67. The zero-order chi connectivity index (χ0) is 19.1. The van der Waals surface area contributed by atoms with Gasteiger partial charge in [-0.25, -0.2) is 4.39 Å². The first kappa shape index (κ1) is 17.8. The molecular formula is C20H14ClFN2O2S. The molecule has 2 aromatic carbocycles. The molecule has 1 aromatic heterocycles. The van der Waals surface area contributed by atoms with Crippen LogP contribution in [0.15, 0.2) is 53.6 Å². The van der Waals surface area contributed by atoms with Crippen molar-refractivity contribution in [1.29, 1.82) is 0 Å². The average Bonchev–Trinajstić information content (AvgIpc) is 3.09. The fourth-order valence-corrected chi connectivity index (χ4v) is 4.16. The largest absolute Gasteiger partial charge is 0.350 e. The van der Waals surface area contributed by atoms with Crippen LogP contribution in [0, 0.1) is 5.82 Å². The molecule has 1 saturated heterocycles. The van der Waals surface area contributed by atoms with Crippen molar-refractivity contribution in [3.63, 3.8) is 0 Å². The summed E-state index contributed by atoms with van der Waals surface area (Å²) < 4.78 is 16.0. The number of carbonyl (C=O) groups is 2. The molecule has 0 unspecified atom stereocenters. The van der Waals surface area contributed by atoms with Gasteiger partial charge >= 0.3 is 0 Å². The Bertz CT molecular complexity index is 1100. The first-order valence-corrected chi connectivity index (χ1v) is 9.37. The molecule has 2 amide bonds. The number of nitrogens with zero attached hydrogens (tertiary/aromatic N) is 2. The number of halogens is 2. The number of aryl methyl sites for hydroxylation is 1. The van der Waals surface area contributed by atoms with Crippen molar-refractivity contribution in [3.8, 4) is 0 Å². The van der Waals surface area contributed by atoms with Gasteiger partial charge in [0.1, 0.15) is 5.82 Å². The van der Waals surface area contributed by atoms with Crippen LogP contribution in [0.5, 0.6) is 0 Å². The van der Waals surface area contributed by atoms with Crippen LogP contribution in [-0.4, -0.2) is 20.6 Å². The lowest BCUT2D eigenvalue weighted by atomic mass is 10.1. The molecule has 4 rings (SSSR count). The Morgan fingerprint density at radius 3 is 2.70 bits per heavy atom. The molecule has 0 atom stereocenters. The number of amides is 2. The van der Waals surface area contributed by atoms with Crippen LogP contribution in [0.2, 0.25) is 5.02 Å². The normalized spacial score (nSPS) is 16.1. The molecule has 27 heavy (non-hydrogen) atoms. The number of rotatable bonds is 3. The van der Waals surface area contributed by atoms with Crippen molar-refractivity contribution in [2.75, 3.05) is 0 Å². The van der Waals surface area contributed by atoms with E-state index >= 15 is 0 Å². The molecule has 136 valence electrons. The van der Waals surface area contributed by atoms with E-state index in [4.69, 9.17) is 11.6 Å². The Morgan fingerprint density at radius 1 is 1.15 bits per heavy atom. The van der Waals surface area contributed by atoms with Gasteiger partial charge in [0.05, 0.1) is 11.4 Å². The van der Waals surface area contributed by atoms with Gasteiger partial charge in [-0.05, 0) is 36.0 Å². The van der Waals surface area contributed by atoms with Gasteiger partial charge in [0.2, 0.25) is 0 Å². The fourth-order valence-electron chi connectivity index (χ4n) is 3.11. The van der Waals surface area contributed by atoms with Crippen LogP contribution >= 0.6 is 23.4 Å². The second-order valence-corrected chi connectivity index (χ2v) is 7.58.